The van der Waals surface area contributed by atoms with E-state index < -0.39 is 0 Å². The van der Waals surface area contributed by atoms with E-state index in [1.807, 2.05) is 6.07 Å². The first-order valence-corrected chi connectivity index (χ1v) is 9.16. The van der Waals surface area contributed by atoms with Crippen LogP contribution in [0.2, 0.25) is 0 Å². The molecule has 3 heterocycles. The highest BCUT2D eigenvalue weighted by molar-refractivity contribution is 7.17. The van der Waals surface area contributed by atoms with Crippen LogP contribution in [0.5, 0.6) is 0 Å². The molecule has 118 valence electrons. The number of amides is 1. The molecule has 0 aromatic carbocycles. The van der Waals surface area contributed by atoms with Crippen molar-refractivity contribution in [2.75, 3.05) is 13.2 Å². The van der Waals surface area contributed by atoms with Crippen LogP contribution in [0.25, 0.3) is 10.2 Å². The minimum Gasteiger partial charge on any atom is -0.376 e. The van der Waals surface area contributed by atoms with E-state index in [1.165, 1.54) is 29.5 Å². The Kier molecular flexibility index (Phi) is 3.92. The third kappa shape index (κ3) is 2.68. The second-order valence-corrected chi connectivity index (χ2v) is 7.40. The standard InChI is InChI=1S/C17H22N2O2S/c20-17(18-10-13-5-2-7-21-13)15-9-16-14(6-8-22-16)19(15)11-12-3-1-4-12/h6,8-9,12-13H,1-5,7,10-11H2,(H,18,20)/t13-/m0/s1. The first-order valence-electron chi connectivity index (χ1n) is 8.28. The molecule has 1 amide bonds. The van der Waals surface area contributed by atoms with Crippen LogP contribution in [0, 0.1) is 5.92 Å². The summed E-state index contributed by atoms with van der Waals surface area (Å²) in [6.45, 7) is 2.43. The van der Waals surface area contributed by atoms with Crippen molar-refractivity contribution >= 4 is 27.5 Å². The first kappa shape index (κ1) is 14.3. The van der Waals surface area contributed by atoms with Gasteiger partial charge in [-0.3, -0.25) is 4.79 Å². The Morgan fingerprint density at radius 3 is 3.00 bits per heavy atom. The molecule has 0 bridgehead atoms. The minimum atomic E-state index is 0.0400. The number of nitrogens with zero attached hydrogens (tertiary/aromatic N) is 1. The maximum Gasteiger partial charge on any atom is 0.268 e. The van der Waals surface area contributed by atoms with Gasteiger partial charge in [0.1, 0.15) is 5.69 Å². The van der Waals surface area contributed by atoms with Gasteiger partial charge >= 0.3 is 0 Å². The molecule has 2 fully saturated rings. The molecule has 0 unspecified atom stereocenters. The van der Waals surface area contributed by atoms with Crippen LogP contribution >= 0.6 is 11.3 Å². The van der Waals surface area contributed by atoms with E-state index in [0.29, 0.717) is 6.54 Å². The number of aromatic nitrogens is 1. The van der Waals surface area contributed by atoms with Crippen molar-refractivity contribution < 1.29 is 9.53 Å². The van der Waals surface area contributed by atoms with Crippen LogP contribution in [0.1, 0.15) is 42.6 Å². The van der Waals surface area contributed by atoms with E-state index in [2.05, 4.69) is 21.3 Å². The molecule has 4 rings (SSSR count). The maximum atomic E-state index is 12.6. The van der Waals surface area contributed by atoms with Crippen molar-refractivity contribution in [3.05, 3.63) is 23.2 Å². The molecule has 2 aromatic heterocycles. The SMILES string of the molecule is O=C(NC[C@@H]1CCCO1)c1cc2sccc2n1CC1CCC1. The summed E-state index contributed by atoms with van der Waals surface area (Å²) in [6, 6.07) is 4.18. The molecule has 1 aliphatic heterocycles. The largest absolute Gasteiger partial charge is 0.376 e. The summed E-state index contributed by atoms with van der Waals surface area (Å²) in [7, 11) is 0. The Balaban J connectivity index is 1.52. The zero-order valence-electron chi connectivity index (χ0n) is 12.7. The van der Waals surface area contributed by atoms with Crippen LogP contribution in [0.4, 0.5) is 0 Å². The average molecular weight is 318 g/mol. The summed E-state index contributed by atoms with van der Waals surface area (Å²) in [5.74, 6) is 0.776. The van der Waals surface area contributed by atoms with Gasteiger partial charge in [0.05, 0.1) is 16.3 Å². The molecule has 22 heavy (non-hydrogen) atoms. The monoisotopic (exact) mass is 318 g/mol. The molecule has 1 atom stereocenters. The zero-order chi connectivity index (χ0) is 14.9. The van der Waals surface area contributed by atoms with Gasteiger partial charge in [0.25, 0.3) is 5.91 Å². The number of nitrogens with one attached hydrogen (secondary N) is 1. The van der Waals surface area contributed by atoms with E-state index >= 15 is 0 Å². The second-order valence-electron chi connectivity index (χ2n) is 6.45. The summed E-state index contributed by atoms with van der Waals surface area (Å²) < 4.78 is 9.02. The number of hydrogen-bond acceptors (Lipinski definition) is 3. The predicted octanol–water partition coefficient (Wildman–Crippen LogP) is 3.41. The van der Waals surface area contributed by atoms with Crippen molar-refractivity contribution in [3.63, 3.8) is 0 Å². The fourth-order valence-electron chi connectivity index (χ4n) is 3.40. The quantitative estimate of drug-likeness (QED) is 0.918. The molecule has 0 radical (unpaired) electrons. The lowest BCUT2D eigenvalue weighted by atomic mass is 9.85. The van der Waals surface area contributed by atoms with E-state index in [9.17, 15) is 4.79 Å². The molecule has 5 heteroatoms. The number of thiophene rings is 1. The van der Waals surface area contributed by atoms with Gasteiger partial charge in [-0.1, -0.05) is 6.42 Å². The molecular weight excluding hydrogens is 296 g/mol. The molecule has 0 spiro atoms. The Labute approximate surface area is 134 Å². The van der Waals surface area contributed by atoms with E-state index in [-0.39, 0.29) is 12.0 Å². The Bertz CT molecular complexity index is 665. The summed E-state index contributed by atoms with van der Waals surface area (Å²) in [4.78, 5) is 12.6. The molecule has 1 saturated heterocycles. The first-order chi connectivity index (χ1) is 10.8. The number of ether oxygens (including phenoxy) is 1. The molecule has 2 aliphatic rings. The van der Waals surface area contributed by atoms with Gasteiger partial charge in [0.15, 0.2) is 0 Å². The second kappa shape index (κ2) is 6.05. The topological polar surface area (TPSA) is 43.3 Å². The van der Waals surface area contributed by atoms with Gasteiger partial charge in [0, 0.05) is 19.7 Å². The van der Waals surface area contributed by atoms with Gasteiger partial charge in [-0.05, 0) is 49.1 Å². The lowest BCUT2D eigenvalue weighted by Gasteiger charge is -2.27. The minimum absolute atomic E-state index is 0.0400. The average Bonchev–Trinajstić information content (AvgIpc) is 3.17. The fraction of sp³-hybridized carbons (Fsp3) is 0.588. The van der Waals surface area contributed by atoms with Crippen molar-refractivity contribution in [2.24, 2.45) is 5.92 Å². The third-order valence-electron chi connectivity index (χ3n) is 4.94. The van der Waals surface area contributed by atoms with Crippen molar-refractivity contribution in [1.29, 1.82) is 0 Å². The molecule has 1 aliphatic carbocycles. The zero-order valence-corrected chi connectivity index (χ0v) is 13.5. The number of carbonyl (C=O) groups is 1. The van der Waals surface area contributed by atoms with E-state index in [0.717, 1.165) is 37.6 Å². The van der Waals surface area contributed by atoms with Crippen molar-refractivity contribution in [1.82, 2.24) is 9.88 Å². The lowest BCUT2D eigenvalue weighted by Crippen LogP contribution is -2.33. The smallest absolute Gasteiger partial charge is 0.268 e. The maximum absolute atomic E-state index is 12.6. The van der Waals surface area contributed by atoms with E-state index in [4.69, 9.17) is 4.74 Å². The summed E-state index contributed by atoms with van der Waals surface area (Å²) in [5.41, 5.74) is 2.02. The van der Waals surface area contributed by atoms with Gasteiger partial charge in [-0.15, -0.1) is 11.3 Å². The van der Waals surface area contributed by atoms with Crippen LogP contribution in [0.3, 0.4) is 0 Å². The summed E-state index contributed by atoms with van der Waals surface area (Å²) in [6.07, 6.45) is 6.27. The Morgan fingerprint density at radius 1 is 1.36 bits per heavy atom. The lowest BCUT2D eigenvalue weighted by molar-refractivity contribution is 0.0848. The number of fused-ring (bicyclic) bond motifs is 1. The van der Waals surface area contributed by atoms with Crippen LogP contribution in [-0.2, 0) is 11.3 Å². The van der Waals surface area contributed by atoms with Crippen LogP contribution < -0.4 is 5.32 Å². The Morgan fingerprint density at radius 2 is 2.27 bits per heavy atom. The van der Waals surface area contributed by atoms with Gasteiger partial charge in [-0.2, -0.15) is 0 Å². The van der Waals surface area contributed by atoms with Crippen molar-refractivity contribution in [2.45, 2.75) is 44.8 Å². The highest BCUT2D eigenvalue weighted by Crippen LogP contribution is 2.32. The molecular formula is C17H22N2O2S. The van der Waals surface area contributed by atoms with Gasteiger partial charge in [0.2, 0.25) is 0 Å². The van der Waals surface area contributed by atoms with E-state index in [1.54, 1.807) is 11.3 Å². The number of hydrogen-bond donors (Lipinski definition) is 1. The highest BCUT2D eigenvalue weighted by Gasteiger charge is 2.24. The van der Waals surface area contributed by atoms with Crippen molar-refractivity contribution in [3.8, 4) is 0 Å². The number of rotatable bonds is 5. The predicted molar refractivity (Wildman–Crippen MR) is 88.5 cm³/mol. The van der Waals surface area contributed by atoms with Crippen LogP contribution in [-0.4, -0.2) is 29.7 Å². The normalized spacial score (nSPS) is 22.1. The fourth-order valence-corrected chi connectivity index (χ4v) is 4.22. The molecule has 4 nitrogen and oxygen atoms in total. The third-order valence-corrected chi connectivity index (χ3v) is 5.79. The molecule has 1 N–H and O–H groups in total. The summed E-state index contributed by atoms with van der Waals surface area (Å²) in [5, 5.41) is 5.17. The van der Waals surface area contributed by atoms with Gasteiger partial charge < -0.3 is 14.6 Å². The van der Waals surface area contributed by atoms with Crippen LogP contribution in [0.15, 0.2) is 17.5 Å². The van der Waals surface area contributed by atoms with Gasteiger partial charge in [-0.25, -0.2) is 0 Å². The molecule has 1 saturated carbocycles. The summed E-state index contributed by atoms with van der Waals surface area (Å²) >= 11 is 1.71. The molecule has 2 aromatic rings. The Hall–Kier alpha value is -1.33. The highest BCUT2D eigenvalue weighted by atomic mass is 32.1. The number of carbonyl (C=O) groups excluding carboxylic acids is 1.